The number of esters is 1. The average molecular weight is 494 g/mol. The van der Waals surface area contributed by atoms with Crippen molar-refractivity contribution >= 4 is 5.97 Å². The van der Waals surface area contributed by atoms with Crippen LogP contribution in [0.3, 0.4) is 0 Å². The first kappa shape index (κ1) is 24.2. The third kappa shape index (κ3) is 5.95. The molecule has 1 heterocycles. The van der Waals surface area contributed by atoms with Gasteiger partial charge in [-0.1, -0.05) is 12.1 Å². The molecule has 0 unspecified atom stereocenters. The van der Waals surface area contributed by atoms with Crippen molar-refractivity contribution < 1.29 is 44.3 Å². The number of rotatable bonds is 6. The molecule has 5 nitrogen and oxygen atoms in total. The summed E-state index contributed by atoms with van der Waals surface area (Å²) >= 11 is 0. The van der Waals surface area contributed by atoms with E-state index in [1.807, 2.05) is 15.2 Å². The van der Waals surface area contributed by atoms with Crippen LogP contribution in [0.15, 0.2) is 61.1 Å². The molecule has 1 aromatic heterocycles. The van der Waals surface area contributed by atoms with Crippen LogP contribution in [-0.2, 0) is 24.0 Å². The number of imidazole rings is 1. The molecule has 0 aliphatic carbocycles. The Hall–Kier alpha value is -3.12. The van der Waals surface area contributed by atoms with Gasteiger partial charge in [0.25, 0.3) is 0 Å². The number of aryl methyl sites for hydroxylation is 1. The summed E-state index contributed by atoms with van der Waals surface area (Å²) in [7, 11) is 1.31. The lowest BCUT2D eigenvalue weighted by Gasteiger charge is -2.07. The van der Waals surface area contributed by atoms with Gasteiger partial charge in [0.1, 0.15) is 19.3 Å². The van der Waals surface area contributed by atoms with E-state index in [9.17, 15) is 18.0 Å². The molecule has 2 aromatic carbocycles. The fourth-order valence-corrected chi connectivity index (χ4v) is 3.11. The van der Waals surface area contributed by atoms with Gasteiger partial charge in [-0.15, -0.1) is 0 Å². The van der Waals surface area contributed by atoms with Crippen LogP contribution in [0.25, 0.3) is 11.3 Å². The van der Waals surface area contributed by atoms with Crippen LogP contribution in [0.2, 0.25) is 0 Å². The molecule has 0 saturated heterocycles. The van der Waals surface area contributed by atoms with Crippen molar-refractivity contribution in [2.45, 2.75) is 25.7 Å². The largest absolute Gasteiger partial charge is 1.00 e. The van der Waals surface area contributed by atoms with E-state index in [-0.39, 0.29) is 17.0 Å². The Bertz CT molecular complexity index is 1090. The Morgan fingerprint density at radius 2 is 1.90 bits per heavy atom. The SMILES string of the molecule is COC(=O)c1cccc(Cn2c[n+](CCC#N)cc2-c2ccc(C(F)(F)F)cc2)c1.[Br-]. The number of hydrogen-bond donors (Lipinski definition) is 0. The van der Waals surface area contributed by atoms with Crippen LogP contribution in [0, 0.1) is 11.3 Å². The summed E-state index contributed by atoms with van der Waals surface area (Å²) in [6, 6.07) is 14.0. The number of carbonyl (C=O) groups excluding carboxylic acids is 1. The smallest absolute Gasteiger partial charge is 0.416 e. The van der Waals surface area contributed by atoms with Gasteiger partial charge in [0.15, 0.2) is 5.69 Å². The standard InChI is InChI=1S/C22H19F3N3O2.BrH/c1-30-21(29)18-5-2-4-16(12-18)13-28-15-27(11-3-10-26)14-20(28)17-6-8-19(9-7-17)22(23,24)25;/h2,4-9,12,14-15H,3,11,13H2,1H3;1H/q+1;/p-1. The molecule has 0 amide bonds. The summed E-state index contributed by atoms with van der Waals surface area (Å²) in [5, 5.41) is 8.85. The van der Waals surface area contributed by atoms with Crippen LogP contribution in [0.1, 0.15) is 27.9 Å². The number of hydrogen-bond acceptors (Lipinski definition) is 3. The minimum absolute atomic E-state index is 0. The highest BCUT2D eigenvalue weighted by molar-refractivity contribution is 5.89. The van der Waals surface area contributed by atoms with Crippen molar-refractivity contribution in [1.82, 2.24) is 4.57 Å². The molecule has 0 N–H and O–H groups in total. The van der Waals surface area contributed by atoms with Gasteiger partial charge in [0, 0.05) is 5.56 Å². The van der Waals surface area contributed by atoms with Crippen LogP contribution < -0.4 is 21.5 Å². The first-order valence-corrected chi connectivity index (χ1v) is 9.13. The first-order chi connectivity index (χ1) is 14.3. The van der Waals surface area contributed by atoms with Gasteiger partial charge >= 0.3 is 12.1 Å². The lowest BCUT2D eigenvalue weighted by atomic mass is 10.1. The number of halogens is 4. The van der Waals surface area contributed by atoms with Crippen LogP contribution in [0.5, 0.6) is 0 Å². The van der Waals surface area contributed by atoms with E-state index in [0.29, 0.717) is 36.3 Å². The number of methoxy groups -OCH3 is 1. The lowest BCUT2D eigenvalue weighted by Crippen LogP contribution is -3.00. The van der Waals surface area contributed by atoms with Gasteiger partial charge < -0.3 is 21.7 Å². The predicted molar refractivity (Wildman–Crippen MR) is 102 cm³/mol. The zero-order valence-electron chi connectivity index (χ0n) is 16.6. The summed E-state index contributed by atoms with van der Waals surface area (Å²) in [4.78, 5) is 11.8. The molecule has 0 spiro atoms. The Labute approximate surface area is 188 Å². The third-order valence-corrected chi connectivity index (χ3v) is 4.58. The van der Waals surface area contributed by atoms with Crippen LogP contribution in [-0.4, -0.2) is 17.6 Å². The number of nitriles is 1. The second-order valence-electron chi connectivity index (χ2n) is 6.67. The fourth-order valence-electron chi connectivity index (χ4n) is 3.11. The maximum atomic E-state index is 12.9. The zero-order valence-corrected chi connectivity index (χ0v) is 18.2. The molecular formula is C22H19BrF3N3O2. The molecule has 9 heteroatoms. The maximum absolute atomic E-state index is 12.9. The Balaban J connectivity index is 0.00000341. The van der Waals surface area contributed by atoms with Crippen molar-refractivity contribution in [3.8, 4) is 17.3 Å². The Morgan fingerprint density at radius 1 is 1.19 bits per heavy atom. The number of benzene rings is 2. The van der Waals surface area contributed by atoms with E-state index in [1.54, 1.807) is 30.7 Å². The molecule has 0 radical (unpaired) electrons. The maximum Gasteiger partial charge on any atom is 0.416 e. The van der Waals surface area contributed by atoms with E-state index < -0.39 is 17.7 Å². The van der Waals surface area contributed by atoms with Crippen molar-refractivity contribution in [2.24, 2.45) is 0 Å². The topological polar surface area (TPSA) is 58.9 Å². The van der Waals surface area contributed by atoms with Gasteiger partial charge in [-0.2, -0.15) is 18.4 Å². The van der Waals surface area contributed by atoms with Crippen LogP contribution >= 0.6 is 0 Å². The number of alkyl halides is 3. The highest BCUT2D eigenvalue weighted by Crippen LogP contribution is 2.31. The van der Waals surface area contributed by atoms with Crippen LogP contribution in [0.4, 0.5) is 13.2 Å². The van der Waals surface area contributed by atoms with Gasteiger partial charge in [-0.25, -0.2) is 13.9 Å². The molecule has 0 saturated carbocycles. The normalized spacial score (nSPS) is 10.8. The second kappa shape index (κ2) is 10.3. The number of aromatic nitrogens is 2. The first-order valence-electron chi connectivity index (χ1n) is 9.13. The molecule has 31 heavy (non-hydrogen) atoms. The molecule has 0 aliphatic heterocycles. The van der Waals surface area contributed by atoms with E-state index >= 15 is 0 Å². The molecule has 0 aliphatic rings. The van der Waals surface area contributed by atoms with Crippen molar-refractivity contribution in [1.29, 1.82) is 5.26 Å². The van der Waals surface area contributed by atoms with Crippen molar-refractivity contribution in [2.75, 3.05) is 7.11 Å². The van der Waals surface area contributed by atoms with E-state index in [4.69, 9.17) is 10.00 Å². The summed E-state index contributed by atoms with van der Waals surface area (Å²) in [6.07, 6.45) is -0.500. The second-order valence-corrected chi connectivity index (χ2v) is 6.67. The third-order valence-electron chi connectivity index (χ3n) is 4.58. The highest BCUT2D eigenvalue weighted by atomic mass is 79.9. The Kier molecular flexibility index (Phi) is 8.00. The van der Waals surface area contributed by atoms with Gasteiger partial charge in [-0.3, -0.25) is 0 Å². The quantitative estimate of drug-likeness (QED) is 0.383. The average Bonchev–Trinajstić information content (AvgIpc) is 3.13. The van der Waals surface area contributed by atoms with Crippen molar-refractivity contribution in [3.05, 3.63) is 77.7 Å². The number of ether oxygens (including phenoxy) is 1. The number of carbonyl (C=O) groups is 1. The summed E-state index contributed by atoms with van der Waals surface area (Å²) in [6.45, 7) is 0.847. The summed E-state index contributed by atoms with van der Waals surface area (Å²) < 4.78 is 47.1. The molecule has 3 aromatic rings. The summed E-state index contributed by atoms with van der Waals surface area (Å²) in [5.41, 5.74) is 1.84. The van der Waals surface area contributed by atoms with E-state index in [1.165, 1.54) is 19.2 Å². The lowest BCUT2D eigenvalue weighted by molar-refractivity contribution is -0.695. The summed E-state index contributed by atoms with van der Waals surface area (Å²) in [5.74, 6) is -0.448. The monoisotopic (exact) mass is 493 g/mol. The zero-order chi connectivity index (χ0) is 21.7. The molecule has 162 valence electrons. The Morgan fingerprint density at radius 3 is 2.52 bits per heavy atom. The van der Waals surface area contributed by atoms with Crippen molar-refractivity contribution in [3.63, 3.8) is 0 Å². The molecule has 3 rings (SSSR count). The molecule has 0 fully saturated rings. The van der Waals surface area contributed by atoms with Gasteiger partial charge in [0.2, 0.25) is 6.33 Å². The van der Waals surface area contributed by atoms with E-state index in [2.05, 4.69) is 6.07 Å². The molecule has 0 atom stereocenters. The van der Waals surface area contributed by atoms with E-state index in [0.717, 1.165) is 17.7 Å². The number of nitrogens with zero attached hydrogens (tertiary/aromatic N) is 3. The predicted octanol–water partition coefficient (Wildman–Crippen LogP) is 1.21. The fraction of sp³-hybridized carbons (Fsp3) is 0.227. The molecular weight excluding hydrogens is 475 g/mol. The van der Waals surface area contributed by atoms with Gasteiger partial charge in [0.05, 0.1) is 30.7 Å². The van der Waals surface area contributed by atoms with Gasteiger partial charge in [-0.05, 0) is 42.0 Å². The minimum Gasteiger partial charge on any atom is -1.00 e. The highest BCUT2D eigenvalue weighted by Gasteiger charge is 2.30. The minimum atomic E-state index is -4.40. The molecule has 0 bridgehead atoms.